The molecule has 0 amide bonds. The van der Waals surface area contributed by atoms with E-state index in [0.717, 1.165) is 6.42 Å². The molecule has 2 N–H and O–H groups in total. The van der Waals surface area contributed by atoms with Crippen LogP contribution in [-0.2, 0) is 0 Å². The topological polar surface area (TPSA) is 26.0 Å². The highest BCUT2D eigenvalue weighted by atomic mass is 31.0. The molecule has 0 saturated carbocycles. The van der Waals surface area contributed by atoms with Crippen LogP contribution in [-0.4, -0.2) is 5.28 Å². The summed E-state index contributed by atoms with van der Waals surface area (Å²) in [7, 11) is 2.50. The Morgan fingerprint density at radius 3 is 2.25 bits per heavy atom. The average molecular weight is 129 g/mol. The van der Waals surface area contributed by atoms with Crippen LogP contribution in [0.3, 0.4) is 0 Å². The van der Waals surface area contributed by atoms with Gasteiger partial charge in [0, 0.05) is 0 Å². The van der Waals surface area contributed by atoms with E-state index in [1.54, 1.807) is 12.2 Å². The van der Waals surface area contributed by atoms with E-state index in [1.807, 2.05) is 0 Å². The predicted octanol–water partition coefficient (Wildman–Crippen LogP) is 1.28. The molecule has 0 aliphatic carbocycles. The zero-order valence-electron chi connectivity index (χ0n) is 4.93. The van der Waals surface area contributed by atoms with Crippen LogP contribution in [0.4, 0.5) is 0 Å². The summed E-state index contributed by atoms with van der Waals surface area (Å²) in [6.07, 6.45) is 4.22. The van der Waals surface area contributed by atoms with Crippen molar-refractivity contribution < 1.29 is 0 Å². The molecule has 1 unspecified atom stereocenters. The maximum Gasteiger partial charge on any atom is 0.0513 e. The first-order chi connectivity index (χ1) is 3.62. The first kappa shape index (κ1) is 7.87. The van der Waals surface area contributed by atoms with E-state index in [4.69, 9.17) is 5.73 Å². The minimum atomic E-state index is -0.345. The summed E-state index contributed by atoms with van der Waals surface area (Å²) >= 11 is 0. The lowest BCUT2D eigenvalue weighted by molar-refractivity contribution is 0.768. The molecule has 0 fully saturated rings. The van der Waals surface area contributed by atoms with Crippen molar-refractivity contribution >= 4 is 9.24 Å². The highest BCUT2D eigenvalue weighted by Gasteiger charge is 2.08. The van der Waals surface area contributed by atoms with Crippen LogP contribution in [0.5, 0.6) is 0 Å². The normalized spacial score (nSPS) is 16.8. The van der Waals surface area contributed by atoms with Crippen molar-refractivity contribution in [3.05, 3.63) is 25.3 Å². The summed E-state index contributed by atoms with van der Waals surface area (Å²) in [5.74, 6) is 0. The lowest BCUT2D eigenvalue weighted by atomic mass is 10.2. The largest absolute Gasteiger partial charge is 0.319 e. The fourth-order valence-corrected chi connectivity index (χ4v) is 0.500. The monoisotopic (exact) mass is 129 g/mol. The van der Waals surface area contributed by atoms with Gasteiger partial charge in [-0.15, -0.1) is 22.4 Å². The summed E-state index contributed by atoms with van der Waals surface area (Å²) in [4.78, 5) is 0. The number of nitrogens with two attached hydrogens (primary N) is 1. The number of rotatable bonds is 3. The number of hydrogen-bond donors (Lipinski definition) is 1. The molecule has 0 radical (unpaired) electrons. The maximum absolute atomic E-state index is 5.60. The summed E-state index contributed by atoms with van der Waals surface area (Å²) in [6.45, 7) is 7.11. The van der Waals surface area contributed by atoms with Gasteiger partial charge in [0.2, 0.25) is 0 Å². The van der Waals surface area contributed by atoms with Crippen LogP contribution in [0.2, 0.25) is 0 Å². The predicted molar refractivity (Wildman–Crippen MR) is 41.6 cm³/mol. The molecule has 0 saturated heterocycles. The van der Waals surface area contributed by atoms with E-state index in [-0.39, 0.29) is 5.28 Å². The van der Waals surface area contributed by atoms with Gasteiger partial charge >= 0.3 is 0 Å². The minimum absolute atomic E-state index is 0.345. The number of hydrogen-bond acceptors (Lipinski definition) is 1. The Bertz CT molecular complexity index is 96.7. The van der Waals surface area contributed by atoms with Crippen molar-refractivity contribution in [1.82, 2.24) is 0 Å². The molecule has 46 valence electrons. The highest BCUT2D eigenvalue weighted by molar-refractivity contribution is 7.19. The lowest BCUT2D eigenvalue weighted by Crippen LogP contribution is -2.27. The van der Waals surface area contributed by atoms with Crippen molar-refractivity contribution in [2.75, 3.05) is 0 Å². The molecule has 0 aliphatic heterocycles. The van der Waals surface area contributed by atoms with Crippen molar-refractivity contribution in [1.29, 1.82) is 0 Å². The van der Waals surface area contributed by atoms with Crippen LogP contribution in [0, 0.1) is 0 Å². The Morgan fingerprint density at radius 1 is 1.62 bits per heavy atom. The Labute approximate surface area is 52.9 Å². The van der Waals surface area contributed by atoms with Gasteiger partial charge in [0.1, 0.15) is 0 Å². The Hall–Kier alpha value is -0.130. The van der Waals surface area contributed by atoms with Gasteiger partial charge in [-0.2, -0.15) is 0 Å². The minimum Gasteiger partial charge on any atom is -0.319 e. The van der Waals surface area contributed by atoms with E-state index in [2.05, 4.69) is 22.4 Å². The van der Waals surface area contributed by atoms with Crippen LogP contribution in [0.25, 0.3) is 0 Å². The van der Waals surface area contributed by atoms with Crippen LogP contribution in [0.15, 0.2) is 25.3 Å². The SMILES string of the molecule is C=CC[C@@](N)(P)C=C. The maximum atomic E-state index is 5.60. The van der Waals surface area contributed by atoms with E-state index in [1.165, 1.54) is 0 Å². The summed E-state index contributed by atoms with van der Waals surface area (Å²) < 4.78 is 0. The smallest absolute Gasteiger partial charge is 0.0513 e. The van der Waals surface area contributed by atoms with Gasteiger partial charge in [-0.25, -0.2) is 0 Å². The molecule has 0 aromatic heterocycles. The van der Waals surface area contributed by atoms with E-state index in [9.17, 15) is 0 Å². The molecule has 2 atom stereocenters. The summed E-state index contributed by atoms with van der Waals surface area (Å²) in [5, 5.41) is -0.345. The zero-order chi connectivity index (χ0) is 6.62. The fourth-order valence-electron chi connectivity index (χ4n) is 0.333. The Kier molecular flexibility index (Phi) is 2.96. The molecular formula is C6H12NP. The Morgan fingerprint density at radius 2 is 2.12 bits per heavy atom. The van der Waals surface area contributed by atoms with Crippen molar-refractivity contribution in [2.45, 2.75) is 11.7 Å². The van der Waals surface area contributed by atoms with Gasteiger partial charge in [0.25, 0.3) is 0 Å². The third kappa shape index (κ3) is 2.95. The molecule has 0 aromatic carbocycles. The van der Waals surface area contributed by atoms with Crippen LogP contribution in [0.1, 0.15) is 6.42 Å². The molecular weight excluding hydrogens is 117 g/mol. The molecule has 0 aromatic rings. The zero-order valence-corrected chi connectivity index (χ0v) is 6.09. The lowest BCUT2D eigenvalue weighted by Gasteiger charge is -2.15. The first-order valence-corrected chi connectivity index (χ1v) is 3.02. The van der Waals surface area contributed by atoms with Gasteiger partial charge in [-0.3, -0.25) is 0 Å². The van der Waals surface area contributed by atoms with Crippen LogP contribution < -0.4 is 5.73 Å². The van der Waals surface area contributed by atoms with Crippen LogP contribution >= 0.6 is 9.24 Å². The Balaban J connectivity index is 3.70. The molecule has 8 heavy (non-hydrogen) atoms. The van der Waals surface area contributed by atoms with Crippen molar-refractivity contribution in [3.63, 3.8) is 0 Å². The highest BCUT2D eigenvalue weighted by Crippen LogP contribution is 2.16. The van der Waals surface area contributed by atoms with E-state index < -0.39 is 0 Å². The quantitative estimate of drug-likeness (QED) is 0.450. The van der Waals surface area contributed by atoms with E-state index >= 15 is 0 Å². The van der Waals surface area contributed by atoms with E-state index in [0.29, 0.717) is 0 Å². The summed E-state index contributed by atoms with van der Waals surface area (Å²) in [5.41, 5.74) is 5.60. The molecule has 0 bridgehead atoms. The molecule has 0 rings (SSSR count). The molecule has 2 heteroatoms. The first-order valence-electron chi connectivity index (χ1n) is 2.44. The van der Waals surface area contributed by atoms with Gasteiger partial charge in [0.15, 0.2) is 0 Å². The average Bonchev–Trinajstić information content (AvgIpc) is 1.67. The van der Waals surface area contributed by atoms with Crippen molar-refractivity contribution in [2.24, 2.45) is 5.73 Å². The van der Waals surface area contributed by atoms with Gasteiger partial charge in [0.05, 0.1) is 5.28 Å². The third-order valence-corrected chi connectivity index (χ3v) is 1.35. The van der Waals surface area contributed by atoms with Gasteiger partial charge in [-0.1, -0.05) is 12.2 Å². The second-order valence-electron chi connectivity index (χ2n) is 1.81. The molecule has 0 spiro atoms. The standard InChI is InChI=1S/C6H12NP/c1-3-5-6(7,8)4-2/h3-4H,1-2,5,7-8H2/t6-/m0/s1. The second kappa shape index (κ2) is 3.01. The molecule has 1 nitrogen and oxygen atoms in total. The van der Waals surface area contributed by atoms with Crippen molar-refractivity contribution in [3.8, 4) is 0 Å². The molecule has 0 heterocycles. The third-order valence-electron chi connectivity index (χ3n) is 0.878. The van der Waals surface area contributed by atoms with Gasteiger partial charge in [-0.05, 0) is 6.42 Å². The fraction of sp³-hybridized carbons (Fsp3) is 0.333. The van der Waals surface area contributed by atoms with Gasteiger partial charge < -0.3 is 5.73 Å². The molecule has 0 aliphatic rings. The second-order valence-corrected chi connectivity index (χ2v) is 2.88. The summed E-state index contributed by atoms with van der Waals surface area (Å²) in [6, 6.07) is 0.